The zero-order chi connectivity index (χ0) is 21.1. The maximum atomic E-state index is 12.2. The molecule has 1 fully saturated rings. The summed E-state index contributed by atoms with van der Waals surface area (Å²) in [5.74, 6) is 0.922. The molecule has 1 unspecified atom stereocenters. The molecule has 1 aromatic rings. The zero-order valence-electron chi connectivity index (χ0n) is 17.4. The summed E-state index contributed by atoms with van der Waals surface area (Å²) < 4.78 is 41.2. The van der Waals surface area contributed by atoms with E-state index in [1.54, 1.807) is 31.3 Å². The molecule has 0 aliphatic carbocycles. The number of ether oxygens (including phenoxy) is 1. The summed E-state index contributed by atoms with van der Waals surface area (Å²) in [4.78, 5) is 6.79. The topological polar surface area (TPSA) is 48.9 Å². The fraction of sp³-hybridized carbons (Fsp3) is 0.667. The number of alkyl halides is 3. The first kappa shape index (κ1) is 23.3. The first-order valence-electron chi connectivity index (χ1n) is 10.3. The molecule has 1 aromatic carbocycles. The highest BCUT2D eigenvalue weighted by Crippen LogP contribution is 2.19. The van der Waals surface area contributed by atoms with E-state index in [0.717, 1.165) is 31.5 Å². The fourth-order valence-electron chi connectivity index (χ4n) is 3.41. The summed E-state index contributed by atoms with van der Waals surface area (Å²) in [6.45, 7) is 4.79. The van der Waals surface area contributed by atoms with E-state index in [-0.39, 0.29) is 5.75 Å². The lowest BCUT2D eigenvalue weighted by Gasteiger charge is -2.33. The third-order valence-corrected chi connectivity index (χ3v) is 5.11. The molecule has 2 rings (SSSR count). The van der Waals surface area contributed by atoms with Crippen molar-refractivity contribution in [3.8, 4) is 5.75 Å². The van der Waals surface area contributed by atoms with Gasteiger partial charge < -0.3 is 20.3 Å². The maximum absolute atomic E-state index is 12.2. The summed E-state index contributed by atoms with van der Waals surface area (Å²) in [7, 11) is 1.72. The van der Waals surface area contributed by atoms with Crippen molar-refractivity contribution in [3.63, 3.8) is 0 Å². The molecule has 1 aliphatic rings. The summed E-state index contributed by atoms with van der Waals surface area (Å²) in [6.07, 6.45) is 1.89. The Morgan fingerprint density at radius 1 is 1.17 bits per heavy atom. The molecule has 164 valence electrons. The zero-order valence-corrected chi connectivity index (χ0v) is 17.4. The normalized spacial score (nSPS) is 18.5. The second-order valence-electron chi connectivity index (χ2n) is 7.49. The predicted octanol–water partition coefficient (Wildman–Crippen LogP) is 3.95. The Morgan fingerprint density at radius 2 is 1.93 bits per heavy atom. The largest absolute Gasteiger partial charge is 0.484 e. The third kappa shape index (κ3) is 9.39. The van der Waals surface area contributed by atoms with E-state index in [1.165, 1.54) is 25.8 Å². The molecular weight excluding hydrogens is 381 g/mol. The minimum atomic E-state index is -4.33. The van der Waals surface area contributed by atoms with Crippen molar-refractivity contribution in [2.45, 2.75) is 57.8 Å². The van der Waals surface area contributed by atoms with Gasteiger partial charge in [0.2, 0.25) is 0 Å². The van der Waals surface area contributed by atoms with Crippen LogP contribution >= 0.6 is 0 Å². The van der Waals surface area contributed by atoms with Gasteiger partial charge in [-0.2, -0.15) is 13.2 Å². The van der Waals surface area contributed by atoms with Crippen LogP contribution < -0.4 is 15.4 Å². The Balaban J connectivity index is 1.62. The van der Waals surface area contributed by atoms with Gasteiger partial charge >= 0.3 is 6.18 Å². The van der Waals surface area contributed by atoms with Crippen molar-refractivity contribution in [2.75, 3.05) is 33.3 Å². The number of hydrogen-bond donors (Lipinski definition) is 2. The van der Waals surface area contributed by atoms with Gasteiger partial charge in [0.1, 0.15) is 5.75 Å². The lowest BCUT2D eigenvalue weighted by molar-refractivity contribution is -0.153. The van der Waals surface area contributed by atoms with Gasteiger partial charge in [0.15, 0.2) is 12.6 Å². The molecule has 1 aliphatic heterocycles. The minimum absolute atomic E-state index is 0.205. The molecule has 0 amide bonds. The first-order chi connectivity index (χ1) is 13.9. The molecule has 0 radical (unpaired) electrons. The van der Waals surface area contributed by atoms with Crippen molar-refractivity contribution >= 4 is 5.96 Å². The van der Waals surface area contributed by atoms with Crippen LogP contribution in [-0.2, 0) is 6.54 Å². The highest BCUT2D eigenvalue weighted by atomic mass is 19.4. The van der Waals surface area contributed by atoms with Crippen molar-refractivity contribution in [2.24, 2.45) is 4.99 Å². The molecule has 8 heteroatoms. The molecule has 0 saturated carbocycles. The molecule has 5 nitrogen and oxygen atoms in total. The van der Waals surface area contributed by atoms with Gasteiger partial charge in [0.05, 0.1) is 0 Å². The van der Waals surface area contributed by atoms with Crippen LogP contribution in [0, 0.1) is 0 Å². The van der Waals surface area contributed by atoms with Crippen LogP contribution in [0.15, 0.2) is 29.3 Å². The minimum Gasteiger partial charge on any atom is -0.484 e. The highest BCUT2D eigenvalue weighted by molar-refractivity contribution is 5.79. The van der Waals surface area contributed by atoms with Crippen LogP contribution in [0.1, 0.15) is 44.6 Å². The molecular formula is C21H33F3N4O. The molecule has 1 saturated heterocycles. The fourth-order valence-corrected chi connectivity index (χ4v) is 3.41. The van der Waals surface area contributed by atoms with E-state index in [0.29, 0.717) is 18.5 Å². The number of nitrogens with one attached hydrogen (secondary N) is 2. The smallest absolute Gasteiger partial charge is 0.422 e. The first-order valence-corrected chi connectivity index (χ1v) is 10.3. The Labute approximate surface area is 171 Å². The molecule has 2 N–H and O–H groups in total. The molecule has 0 aromatic heterocycles. The molecule has 29 heavy (non-hydrogen) atoms. The van der Waals surface area contributed by atoms with Crippen LogP contribution in [0.3, 0.4) is 0 Å². The van der Waals surface area contributed by atoms with Crippen molar-refractivity contribution in [3.05, 3.63) is 29.8 Å². The van der Waals surface area contributed by atoms with Crippen LogP contribution in [0.5, 0.6) is 5.75 Å². The van der Waals surface area contributed by atoms with E-state index in [4.69, 9.17) is 4.74 Å². The Kier molecular flexibility index (Phi) is 9.57. The Hall–Kier alpha value is -1.96. The number of guanidine groups is 1. The second kappa shape index (κ2) is 11.9. The quantitative estimate of drug-likeness (QED) is 0.365. The van der Waals surface area contributed by atoms with Gasteiger partial charge in [-0.3, -0.25) is 4.99 Å². The number of hydrogen-bond acceptors (Lipinski definition) is 3. The van der Waals surface area contributed by atoms with Crippen molar-refractivity contribution in [1.82, 2.24) is 15.5 Å². The Bertz CT molecular complexity index is 619. The SMILES string of the molecule is CN=C(NCCCCN1CCCCC1C)NCc1ccc(OCC(F)(F)F)cc1. The number of halogens is 3. The predicted molar refractivity (Wildman–Crippen MR) is 110 cm³/mol. The van der Waals surface area contributed by atoms with Crippen molar-refractivity contribution < 1.29 is 17.9 Å². The lowest BCUT2D eigenvalue weighted by atomic mass is 10.0. The van der Waals surface area contributed by atoms with Crippen LogP contribution in [0.25, 0.3) is 0 Å². The third-order valence-electron chi connectivity index (χ3n) is 5.11. The van der Waals surface area contributed by atoms with E-state index in [1.807, 2.05) is 0 Å². The number of benzene rings is 1. The van der Waals surface area contributed by atoms with Gasteiger partial charge in [-0.1, -0.05) is 18.6 Å². The van der Waals surface area contributed by atoms with Gasteiger partial charge in [-0.25, -0.2) is 0 Å². The number of aliphatic imine (C=N–C) groups is 1. The van der Waals surface area contributed by atoms with Gasteiger partial charge in [0.25, 0.3) is 0 Å². The molecule has 1 heterocycles. The number of nitrogens with zero attached hydrogens (tertiary/aromatic N) is 2. The average molecular weight is 415 g/mol. The summed E-state index contributed by atoms with van der Waals surface area (Å²) in [5, 5.41) is 6.52. The van der Waals surface area contributed by atoms with Gasteiger partial charge in [0, 0.05) is 26.2 Å². The number of likely N-dealkylation sites (tertiary alicyclic amines) is 1. The average Bonchev–Trinajstić information content (AvgIpc) is 2.70. The lowest BCUT2D eigenvalue weighted by Crippen LogP contribution is -2.39. The summed E-state index contributed by atoms with van der Waals surface area (Å²) >= 11 is 0. The summed E-state index contributed by atoms with van der Waals surface area (Å²) in [5.41, 5.74) is 0.936. The monoisotopic (exact) mass is 414 g/mol. The number of piperidine rings is 1. The molecule has 0 bridgehead atoms. The molecule has 0 spiro atoms. The van der Waals surface area contributed by atoms with Crippen LogP contribution in [0.2, 0.25) is 0 Å². The van der Waals surface area contributed by atoms with E-state index in [9.17, 15) is 13.2 Å². The number of rotatable bonds is 9. The van der Waals surface area contributed by atoms with E-state index >= 15 is 0 Å². The molecule has 1 atom stereocenters. The van der Waals surface area contributed by atoms with Crippen molar-refractivity contribution in [1.29, 1.82) is 0 Å². The summed E-state index contributed by atoms with van der Waals surface area (Å²) in [6, 6.07) is 7.27. The van der Waals surface area contributed by atoms with E-state index < -0.39 is 12.8 Å². The van der Waals surface area contributed by atoms with Gasteiger partial charge in [-0.15, -0.1) is 0 Å². The maximum Gasteiger partial charge on any atom is 0.422 e. The van der Waals surface area contributed by atoms with E-state index in [2.05, 4.69) is 27.4 Å². The standard InChI is InChI=1S/C21H33F3N4O/c1-17-7-3-5-13-28(17)14-6-4-12-26-20(25-2)27-15-18-8-10-19(11-9-18)29-16-21(22,23)24/h8-11,17H,3-7,12-16H2,1-2H3,(H2,25,26,27). The van der Waals surface area contributed by atoms with Crippen LogP contribution in [-0.4, -0.2) is 56.4 Å². The van der Waals surface area contributed by atoms with Gasteiger partial charge in [-0.05, 0) is 63.4 Å². The number of unbranched alkanes of at least 4 members (excludes halogenated alkanes) is 1. The highest BCUT2D eigenvalue weighted by Gasteiger charge is 2.28. The second-order valence-corrected chi connectivity index (χ2v) is 7.49. The Morgan fingerprint density at radius 3 is 2.59 bits per heavy atom. The van der Waals surface area contributed by atoms with Crippen LogP contribution in [0.4, 0.5) is 13.2 Å².